The van der Waals surface area contributed by atoms with Crippen molar-refractivity contribution < 1.29 is 22.7 Å². The van der Waals surface area contributed by atoms with Gasteiger partial charge < -0.3 is 15.8 Å². The number of carbonyl (C=O) groups is 1. The fourth-order valence-corrected chi connectivity index (χ4v) is 6.59. The van der Waals surface area contributed by atoms with E-state index in [2.05, 4.69) is 15.3 Å². The van der Waals surface area contributed by atoms with Crippen LogP contribution in [0.25, 0.3) is 33.2 Å². The van der Waals surface area contributed by atoms with Crippen molar-refractivity contribution >= 4 is 34.4 Å². The summed E-state index contributed by atoms with van der Waals surface area (Å²) in [5.41, 5.74) is 10.6. The molecule has 3 aromatic carbocycles. The lowest BCUT2D eigenvalue weighted by Gasteiger charge is -2.14. The van der Waals surface area contributed by atoms with E-state index in [1.54, 1.807) is 19.4 Å². The fourth-order valence-electron chi connectivity index (χ4n) is 5.68. The molecule has 1 aliphatic rings. The van der Waals surface area contributed by atoms with E-state index in [0.29, 0.717) is 39.6 Å². The molecule has 3 N–H and O–H groups in total. The van der Waals surface area contributed by atoms with E-state index in [-0.39, 0.29) is 17.4 Å². The van der Waals surface area contributed by atoms with Crippen molar-refractivity contribution in [1.29, 1.82) is 0 Å². The van der Waals surface area contributed by atoms with E-state index in [1.807, 2.05) is 30.3 Å². The highest BCUT2D eigenvalue weighted by atomic mass is 32.2. The summed E-state index contributed by atoms with van der Waals surface area (Å²) >= 11 is 1.29. The molecule has 0 atom stereocenters. The largest absolute Gasteiger partial charge is 0.481 e. The van der Waals surface area contributed by atoms with Gasteiger partial charge in [0.1, 0.15) is 23.3 Å². The maximum atomic E-state index is 15.1. The van der Waals surface area contributed by atoms with Gasteiger partial charge in [0.15, 0.2) is 0 Å². The van der Waals surface area contributed by atoms with Crippen molar-refractivity contribution in [1.82, 2.24) is 15.3 Å². The molecular weight excluding hydrogens is 597 g/mol. The summed E-state index contributed by atoms with van der Waals surface area (Å²) in [7, 11) is 1.54. The summed E-state index contributed by atoms with van der Waals surface area (Å²) in [6.07, 6.45) is 6.22. The van der Waals surface area contributed by atoms with Crippen molar-refractivity contribution in [2.24, 2.45) is 0 Å². The molecule has 1 amide bonds. The summed E-state index contributed by atoms with van der Waals surface area (Å²) in [5, 5.41) is 3.72. The minimum absolute atomic E-state index is 0.00395. The molecule has 230 valence electrons. The Labute approximate surface area is 263 Å². The van der Waals surface area contributed by atoms with Crippen molar-refractivity contribution in [2.45, 2.75) is 43.0 Å². The first-order chi connectivity index (χ1) is 21.8. The fraction of sp³-hybridized carbons (Fsp3) is 0.229. The van der Waals surface area contributed by atoms with E-state index in [4.69, 9.17) is 10.5 Å². The summed E-state index contributed by atoms with van der Waals surface area (Å²) in [5.74, 6) is -0.972. The van der Waals surface area contributed by atoms with Crippen molar-refractivity contribution in [2.75, 3.05) is 18.6 Å². The Morgan fingerprint density at radius 1 is 0.956 bits per heavy atom. The van der Waals surface area contributed by atoms with Gasteiger partial charge in [-0.05, 0) is 78.9 Å². The summed E-state index contributed by atoms with van der Waals surface area (Å²) in [4.78, 5) is 22.1. The quantitative estimate of drug-likeness (QED) is 0.161. The lowest BCUT2D eigenvalue weighted by atomic mass is 9.99. The second-order valence-corrected chi connectivity index (χ2v) is 12.2. The second-order valence-electron chi connectivity index (χ2n) is 11.0. The number of anilines is 1. The number of amides is 1. The van der Waals surface area contributed by atoms with Gasteiger partial charge in [-0.25, -0.2) is 23.1 Å². The Bertz CT molecular complexity index is 1900. The number of pyridine rings is 2. The number of hydrogen-bond donors (Lipinski definition) is 2. The third kappa shape index (κ3) is 6.76. The number of hydrogen-bond acceptors (Lipinski definition) is 6. The number of thioether (sulfide) groups is 1. The number of nitrogen functional groups attached to an aromatic ring is 1. The Morgan fingerprint density at radius 2 is 1.76 bits per heavy atom. The van der Waals surface area contributed by atoms with E-state index in [0.717, 1.165) is 53.8 Å². The van der Waals surface area contributed by atoms with Crippen LogP contribution in [0.15, 0.2) is 77.8 Å². The van der Waals surface area contributed by atoms with Gasteiger partial charge >= 0.3 is 0 Å². The predicted octanol–water partition coefficient (Wildman–Crippen LogP) is 7.98. The maximum absolute atomic E-state index is 15.1. The first-order valence-electron chi connectivity index (χ1n) is 14.7. The van der Waals surface area contributed by atoms with Gasteiger partial charge in [-0.1, -0.05) is 25.0 Å². The van der Waals surface area contributed by atoms with Crippen LogP contribution in [0.3, 0.4) is 0 Å². The third-order valence-corrected chi connectivity index (χ3v) is 9.08. The van der Waals surface area contributed by atoms with E-state index < -0.39 is 23.4 Å². The van der Waals surface area contributed by atoms with Crippen molar-refractivity contribution in [3.8, 4) is 28.1 Å². The molecule has 10 heteroatoms. The number of carbonyl (C=O) groups excluding carboxylic acids is 1. The summed E-state index contributed by atoms with van der Waals surface area (Å²) < 4.78 is 48.0. The molecule has 6 rings (SSSR count). The average molecular weight is 629 g/mol. The molecule has 0 spiro atoms. The van der Waals surface area contributed by atoms with Crippen LogP contribution in [0.2, 0.25) is 0 Å². The zero-order chi connectivity index (χ0) is 31.5. The van der Waals surface area contributed by atoms with Crippen LogP contribution in [-0.4, -0.2) is 34.8 Å². The molecule has 45 heavy (non-hydrogen) atoms. The van der Waals surface area contributed by atoms with Crippen LogP contribution in [-0.2, 0) is 6.42 Å². The van der Waals surface area contributed by atoms with Crippen LogP contribution in [0.1, 0.15) is 41.6 Å². The van der Waals surface area contributed by atoms with Gasteiger partial charge in [-0.3, -0.25) is 4.79 Å². The number of aryl methyl sites for hydroxylation is 1. The number of fused-ring (bicyclic) bond motifs is 1. The normalized spacial score (nSPS) is 13.3. The van der Waals surface area contributed by atoms with Crippen LogP contribution >= 0.6 is 11.8 Å². The number of aromatic nitrogens is 2. The summed E-state index contributed by atoms with van der Waals surface area (Å²) in [6.45, 7) is 0. The van der Waals surface area contributed by atoms with Gasteiger partial charge in [0.25, 0.3) is 5.91 Å². The van der Waals surface area contributed by atoms with E-state index >= 15 is 4.39 Å². The second kappa shape index (κ2) is 13.2. The SMILES string of the molecule is COc1ncc(-c2ccc3nc(N)c(-c4ccc(C(=O)NC5CCCC5)c(F)c4)cc3c2)cc1CCSc1ccc(F)cc1F. The Kier molecular flexibility index (Phi) is 8.93. The average Bonchev–Trinajstić information content (AvgIpc) is 3.54. The number of rotatable bonds is 9. The van der Waals surface area contributed by atoms with E-state index in [9.17, 15) is 13.6 Å². The number of ether oxygens (including phenoxy) is 1. The number of methoxy groups -OCH3 is 1. The number of halogens is 3. The molecule has 0 unspecified atom stereocenters. The minimum atomic E-state index is -0.617. The molecule has 1 saturated carbocycles. The Hall–Kier alpha value is -4.57. The highest BCUT2D eigenvalue weighted by molar-refractivity contribution is 7.99. The van der Waals surface area contributed by atoms with Gasteiger partial charge in [-0.2, -0.15) is 0 Å². The predicted molar refractivity (Wildman–Crippen MR) is 172 cm³/mol. The number of benzene rings is 3. The molecule has 1 fully saturated rings. The number of nitrogens with two attached hydrogens (primary N) is 1. The van der Waals surface area contributed by atoms with Crippen LogP contribution in [0.5, 0.6) is 5.88 Å². The molecule has 0 radical (unpaired) electrons. The van der Waals surface area contributed by atoms with Crippen LogP contribution in [0.4, 0.5) is 19.0 Å². The van der Waals surface area contributed by atoms with Crippen molar-refractivity contribution in [3.63, 3.8) is 0 Å². The molecule has 5 aromatic rings. The number of nitrogens with zero attached hydrogens (tertiary/aromatic N) is 2. The monoisotopic (exact) mass is 628 g/mol. The Morgan fingerprint density at radius 3 is 2.51 bits per heavy atom. The molecule has 0 bridgehead atoms. The maximum Gasteiger partial charge on any atom is 0.254 e. The minimum Gasteiger partial charge on any atom is -0.481 e. The highest BCUT2D eigenvalue weighted by Gasteiger charge is 2.21. The van der Waals surface area contributed by atoms with Gasteiger partial charge in [0.2, 0.25) is 5.88 Å². The standard InChI is InChI=1S/C35H31F3N4O2S/c1-44-35-22(12-13-45-32-11-8-25(36)18-30(32)38)15-24(19-40-35)20-7-10-31-23(14-20)16-28(33(39)42-31)21-6-9-27(29(37)17-21)34(43)41-26-4-2-3-5-26/h6-11,14-19,26H,2-5,12-13H2,1H3,(H2,39,42)(H,41,43). The van der Waals surface area contributed by atoms with Gasteiger partial charge in [-0.15, -0.1) is 11.8 Å². The molecule has 2 aromatic heterocycles. The van der Waals surface area contributed by atoms with Crippen LogP contribution in [0, 0.1) is 17.5 Å². The molecular formula is C35H31F3N4O2S. The molecule has 0 aliphatic heterocycles. The highest BCUT2D eigenvalue weighted by Crippen LogP contribution is 2.33. The Balaban J connectivity index is 1.24. The lowest BCUT2D eigenvalue weighted by molar-refractivity contribution is 0.0934. The zero-order valence-electron chi connectivity index (χ0n) is 24.6. The smallest absolute Gasteiger partial charge is 0.254 e. The van der Waals surface area contributed by atoms with Gasteiger partial charge in [0.05, 0.1) is 18.2 Å². The molecule has 6 nitrogen and oxygen atoms in total. The molecule has 0 saturated heterocycles. The van der Waals surface area contributed by atoms with Gasteiger partial charge in [0, 0.05) is 51.0 Å². The third-order valence-electron chi connectivity index (χ3n) is 8.03. The molecule has 1 aliphatic carbocycles. The first-order valence-corrected chi connectivity index (χ1v) is 15.7. The van der Waals surface area contributed by atoms with E-state index in [1.165, 1.54) is 36.0 Å². The van der Waals surface area contributed by atoms with Crippen LogP contribution < -0.4 is 15.8 Å². The first kappa shape index (κ1) is 30.5. The zero-order valence-corrected chi connectivity index (χ0v) is 25.4. The number of nitrogens with one attached hydrogen (secondary N) is 1. The summed E-state index contributed by atoms with van der Waals surface area (Å²) in [6, 6.07) is 17.7. The van der Waals surface area contributed by atoms with Crippen molar-refractivity contribution in [3.05, 3.63) is 102 Å². The lowest BCUT2D eigenvalue weighted by Crippen LogP contribution is -2.33. The molecule has 2 heterocycles. The topological polar surface area (TPSA) is 90.1 Å².